The molecule has 24 heavy (non-hydrogen) atoms. The third-order valence-corrected chi connectivity index (χ3v) is 3.82. The standard InChI is InChI=1S/C19H34O5/c1-3-16-23-19(22)24-18(4-2)17(21)14-12-10-8-6-5-7-9-11-13-15-20/h3-4,17-18,20-21H,1-2,5-16H2. The largest absolute Gasteiger partial charge is 0.509 e. The van der Waals surface area contributed by atoms with E-state index in [1.807, 2.05) is 0 Å². The van der Waals surface area contributed by atoms with Gasteiger partial charge in [-0.2, -0.15) is 0 Å². The number of carbonyl (C=O) groups excluding carboxylic acids is 1. The van der Waals surface area contributed by atoms with Crippen molar-refractivity contribution < 1.29 is 24.5 Å². The second-order valence-corrected chi connectivity index (χ2v) is 5.93. The van der Waals surface area contributed by atoms with E-state index >= 15 is 0 Å². The molecule has 0 bridgehead atoms. The van der Waals surface area contributed by atoms with Crippen molar-refractivity contribution in [1.29, 1.82) is 0 Å². The van der Waals surface area contributed by atoms with Crippen LogP contribution in [-0.4, -0.2) is 41.8 Å². The topological polar surface area (TPSA) is 76.0 Å². The minimum Gasteiger partial charge on any atom is -0.430 e. The van der Waals surface area contributed by atoms with Crippen LogP contribution in [0.1, 0.15) is 64.2 Å². The molecule has 2 N–H and O–H groups in total. The maximum absolute atomic E-state index is 11.4. The maximum atomic E-state index is 11.4. The molecule has 0 amide bonds. The Kier molecular flexibility index (Phi) is 15.6. The highest BCUT2D eigenvalue weighted by atomic mass is 16.7. The molecule has 0 saturated carbocycles. The molecule has 0 spiro atoms. The van der Waals surface area contributed by atoms with Gasteiger partial charge in [0.25, 0.3) is 0 Å². The summed E-state index contributed by atoms with van der Waals surface area (Å²) in [6.45, 7) is 7.41. The molecular formula is C19H34O5. The van der Waals surface area contributed by atoms with E-state index in [1.54, 1.807) is 0 Å². The minimum absolute atomic E-state index is 0.0821. The van der Waals surface area contributed by atoms with Crippen molar-refractivity contribution >= 4 is 6.16 Å². The molecule has 5 nitrogen and oxygen atoms in total. The van der Waals surface area contributed by atoms with Crippen LogP contribution in [0.4, 0.5) is 4.79 Å². The maximum Gasteiger partial charge on any atom is 0.509 e. The first-order valence-corrected chi connectivity index (χ1v) is 9.01. The Bertz CT molecular complexity index is 330. The fourth-order valence-corrected chi connectivity index (χ4v) is 2.42. The minimum atomic E-state index is -0.819. The SMILES string of the molecule is C=CCOC(=O)OC(C=C)C(O)CCCCCCCCCCCO. The molecule has 0 aliphatic carbocycles. The van der Waals surface area contributed by atoms with Gasteiger partial charge in [0.05, 0.1) is 6.10 Å². The van der Waals surface area contributed by atoms with E-state index in [1.165, 1.54) is 37.8 Å². The van der Waals surface area contributed by atoms with Crippen LogP contribution in [0.15, 0.2) is 25.3 Å². The van der Waals surface area contributed by atoms with Crippen LogP contribution >= 0.6 is 0 Å². The van der Waals surface area contributed by atoms with Gasteiger partial charge in [0, 0.05) is 6.61 Å². The molecule has 0 radical (unpaired) electrons. The van der Waals surface area contributed by atoms with Crippen molar-refractivity contribution in [3.05, 3.63) is 25.3 Å². The van der Waals surface area contributed by atoms with Gasteiger partial charge < -0.3 is 19.7 Å². The third kappa shape index (κ3) is 13.1. The van der Waals surface area contributed by atoms with Gasteiger partial charge in [0.1, 0.15) is 12.7 Å². The Morgan fingerprint density at radius 2 is 1.50 bits per heavy atom. The molecule has 5 heteroatoms. The van der Waals surface area contributed by atoms with Gasteiger partial charge in [0.2, 0.25) is 0 Å². The summed E-state index contributed by atoms with van der Waals surface area (Å²) in [6, 6.07) is 0. The second-order valence-electron chi connectivity index (χ2n) is 5.93. The van der Waals surface area contributed by atoms with Gasteiger partial charge in [-0.25, -0.2) is 4.79 Å². The normalized spacial score (nSPS) is 13.1. The number of rotatable bonds is 16. The molecule has 0 fully saturated rings. The molecule has 0 saturated heterocycles. The average Bonchev–Trinajstić information content (AvgIpc) is 2.59. The van der Waals surface area contributed by atoms with E-state index < -0.39 is 18.4 Å². The van der Waals surface area contributed by atoms with Crippen LogP contribution < -0.4 is 0 Å². The molecule has 0 aromatic heterocycles. The monoisotopic (exact) mass is 342 g/mol. The van der Waals surface area contributed by atoms with E-state index in [-0.39, 0.29) is 6.61 Å². The van der Waals surface area contributed by atoms with E-state index in [0.29, 0.717) is 13.0 Å². The highest BCUT2D eigenvalue weighted by Crippen LogP contribution is 2.14. The lowest BCUT2D eigenvalue weighted by Crippen LogP contribution is -2.29. The zero-order chi connectivity index (χ0) is 18.0. The number of hydrogen-bond acceptors (Lipinski definition) is 5. The van der Waals surface area contributed by atoms with Crippen LogP contribution in [0, 0.1) is 0 Å². The van der Waals surface area contributed by atoms with Crippen LogP contribution in [0.5, 0.6) is 0 Å². The van der Waals surface area contributed by atoms with E-state index in [0.717, 1.165) is 32.1 Å². The molecule has 0 rings (SSSR count). The number of aliphatic hydroxyl groups is 2. The number of ether oxygens (including phenoxy) is 2. The van der Waals surface area contributed by atoms with Crippen LogP contribution in [0.2, 0.25) is 0 Å². The number of unbranched alkanes of at least 4 members (excludes halogenated alkanes) is 8. The van der Waals surface area contributed by atoms with Gasteiger partial charge in [-0.3, -0.25) is 0 Å². The number of hydrogen-bond donors (Lipinski definition) is 2. The van der Waals surface area contributed by atoms with Gasteiger partial charge in [0.15, 0.2) is 0 Å². The van der Waals surface area contributed by atoms with Crippen molar-refractivity contribution in [3.63, 3.8) is 0 Å². The molecule has 2 unspecified atom stereocenters. The summed E-state index contributed by atoms with van der Waals surface area (Å²) in [5.41, 5.74) is 0. The molecular weight excluding hydrogens is 308 g/mol. The highest BCUT2D eigenvalue weighted by Gasteiger charge is 2.20. The van der Waals surface area contributed by atoms with Crippen LogP contribution in [0.25, 0.3) is 0 Å². The summed E-state index contributed by atoms with van der Waals surface area (Å²) >= 11 is 0. The number of aliphatic hydroxyl groups excluding tert-OH is 2. The average molecular weight is 342 g/mol. The zero-order valence-electron chi connectivity index (χ0n) is 14.8. The molecule has 0 aromatic carbocycles. The summed E-state index contributed by atoms with van der Waals surface area (Å²) in [4.78, 5) is 11.4. The lowest BCUT2D eigenvalue weighted by Gasteiger charge is -2.19. The van der Waals surface area contributed by atoms with E-state index in [4.69, 9.17) is 14.6 Å². The van der Waals surface area contributed by atoms with Gasteiger partial charge in [-0.15, -0.1) is 0 Å². The van der Waals surface area contributed by atoms with Gasteiger partial charge >= 0.3 is 6.16 Å². The van der Waals surface area contributed by atoms with Gasteiger partial charge in [-0.1, -0.05) is 70.6 Å². The van der Waals surface area contributed by atoms with E-state index in [2.05, 4.69) is 13.2 Å². The lowest BCUT2D eigenvalue weighted by atomic mass is 10.0. The fraction of sp³-hybridized carbons (Fsp3) is 0.737. The molecule has 0 heterocycles. The van der Waals surface area contributed by atoms with Crippen molar-refractivity contribution in [2.45, 2.75) is 76.4 Å². The van der Waals surface area contributed by atoms with Crippen molar-refractivity contribution in [2.24, 2.45) is 0 Å². The Morgan fingerprint density at radius 1 is 0.958 bits per heavy atom. The van der Waals surface area contributed by atoms with Crippen LogP contribution in [-0.2, 0) is 9.47 Å². The molecule has 0 aliphatic heterocycles. The Hall–Kier alpha value is -1.33. The summed E-state index contributed by atoms with van der Waals surface area (Å²) in [6.07, 6.45) is 11.1. The van der Waals surface area contributed by atoms with Crippen molar-refractivity contribution in [2.75, 3.05) is 13.2 Å². The summed E-state index contributed by atoms with van der Waals surface area (Å²) in [5.74, 6) is 0. The summed E-state index contributed by atoms with van der Waals surface area (Å²) < 4.78 is 9.74. The smallest absolute Gasteiger partial charge is 0.430 e. The second kappa shape index (κ2) is 16.5. The van der Waals surface area contributed by atoms with Crippen LogP contribution in [0.3, 0.4) is 0 Å². The highest BCUT2D eigenvalue weighted by molar-refractivity contribution is 5.60. The Labute approximate surface area is 146 Å². The van der Waals surface area contributed by atoms with Crippen molar-refractivity contribution in [3.8, 4) is 0 Å². The third-order valence-electron chi connectivity index (χ3n) is 3.82. The summed E-state index contributed by atoms with van der Waals surface area (Å²) in [7, 11) is 0. The molecule has 0 aromatic rings. The van der Waals surface area contributed by atoms with Crippen molar-refractivity contribution in [1.82, 2.24) is 0 Å². The Morgan fingerprint density at radius 3 is 2.00 bits per heavy atom. The molecule has 2 atom stereocenters. The first kappa shape index (κ1) is 22.7. The van der Waals surface area contributed by atoms with Gasteiger partial charge in [-0.05, 0) is 18.9 Å². The fourth-order valence-electron chi connectivity index (χ4n) is 2.42. The Balaban J connectivity index is 3.64. The molecule has 140 valence electrons. The first-order valence-electron chi connectivity index (χ1n) is 9.01. The first-order chi connectivity index (χ1) is 11.7. The molecule has 0 aliphatic rings. The lowest BCUT2D eigenvalue weighted by molar-refractivity contribution is -0.0114. The predicted octanol–water partition coefficient (Wildman–Crippen LogP) is 4.13. The predicted molar refractivity (Wildman–Crippen MR) is 95.9 cm³/mol. The van der Waals surface area contributed by atoms with E-state index in [9.17, 15) is 9.90 Å². The number of carbonyl (C=O) groups is 1. The summed E-state index contributed by atoms with van der Waals surface area (Å²) in [5, 5.41) is 18.8. The zero-order valence-corrected chi connectivity index (χ0v) is 14.8. The quantitative estimate of drug-likeness (QED) is 0.250.